The molecule has 6 aromatic rings. The van der Waals surface area contributed by atoms with E-state index in [-0.39, 0.29) is 0 Å². The highest BCUT2D eigenvalue weighted by Crippen LogP contribution is 2.36. The molecule has 0 radical (unpaired) electrons. The molecular weight excluding hydrogens is 697 g/mol. The molecule has 6 aromatic carbocycles. The average molecular weight is 749 g/mol. The molecule has 7 rings (SSSR count). The zero-order valence-electron chi connectivity index (χ0n) is 34.1. The SMILES string of the molecule is C=C(/C=C(\C)c1cc(/C(C)=C/C(=C\CC(=C)c2cccc(C)c2)c2ccccc2)cc(/C2=C/C(c3ccccc3)=C\C(c3ccccc3)=C/CC2)c1)c1ccccc1. The van der Waals surface area contributed by atoms with Gasteiger partial charge in [0.05, 0.1) is 0 Å². The summed E-state index contributed by atoms with van der Waals surface area (Å²) in [5.74, 6) is 0. The summed E-state index contributed by atoms with van der Waals surface area (Å²) in [7, 11) is 0. The molecule has 0 atom stereocenters. The summed E-state index contributed by atoms with van der Waals surface area (Å²) < 4.78 is 0. The van der Waals surface area contributed by atoms with E-state index in [1.807, 2.05) is 6.07 Å². The van der Waals surface area contributed by atoms with Crippen molar-refractivity contribution in [3.05, 3.63) is 263 Å². The minimum atomic E-state index is 0.756. The fourth-order valence-electron chi connectivity index (χ4n) is 7.54. The highest BCUT2D eigenvalue weighted by Gasteiger charge is 2.14. The van der Waals surface area contributed by atoms with Crippen LogP contribution in [-0.2, 0) is 0 Å². The van der Waals surface area contributed by atoms with Gasteiger partial charge in [-0.25, -0.2) is 0 Å². The molecule has 0 nitrogen and oxygen atoms in total. The van der Waals surface area contributed by atoms with Crippen LogP contribution in [0.4, 0.5) is 0 Å². The third-order valence-corrected chi connectivity index (χ3v) is 10.9. The second-order valence-electron chi connectivity index (χ2n) is 15.2. The zero-order valence-corrected chi connectivity index (χ0v) is 34.1. The second kappa shape index (κ2) is 18.9. The Morgan fingerprint density at radius 2 is 1.07 bits per heavy atom. The van der Waals surface area contributed by atoms with Gasteiger partial charge in [-0.15, -0.1) is 0 Å². The highest BCUT2D eigenvalue weighted by atomic mass is 14.2. The maximum Gasteiger partial charge on any atom is -0.00882 e. The van der Waals surface area contributed by atoms with Gasteiger partial charge in [-0.3, -0.25) is 0 Å². The Morgan fingerprint density at radius 3 is 1.69 bits per heavy atom. The fourth-order valence-corrected chi connectivity index (χ4v) is 7.54. The third kappa shape index (κ3) is 10.2. The van der Waals surface area contributed by atoms with Crippen molar-refractivity contribution in [3.63, 3.8) is 0 Å². The van der Waals surface area contributed by atoms with Gasteiger partial charge in [0, 0.05) is 0 Å². The number of rotatable bonds is 12. The van der Waals surface area contributed by atoms with Crippen molar-refractivity contribution >= 4 is 44.6 Å². The molecule has 0 bridgehead atoms. The normalized spacial score (nSPS) is 16.5. The van der Waals surface area contributed by atoms with Gasteiger partial charge in [0.15, 0.2) is 0 Å². The van der Waals surface area contributed by atoms with Crippen molar-refractivity contribution in [1.29, 1.82) is 0 Å². The van der Waals surface area contributed by atoms with Crippen LogP contribution >= 0.6 is 0 Å². The van der Waals surface area contributed by atoms with E-state index in [1.165, 1.54) is 77.9 Å². The molecule has 0 saturated heterocycles. The quantitative estimate of drug-likeness (QED) is 0.109. The van der Waals surface area contributed by atoms with Crippen molar-refractivity contribution in [2.24, 2.45) is 0 Å². The lowest BCUT2D eigenvalue weighted by atomic mass is 9.87. The number of benzene rings is 6. The molecule has 1 aliphatic carbocycles. The minimum Gasteiger partial charge on any atom is -0.0949 e. The van der Waals surface area contributed by atoms with Gasteiger partial charge < -0.3 is 0 Å². The van der Waals surface area contributed by atoms with Gasteiger partial charge in [-0.1, -0.05) is 195 Å². The van der Waals surface area contributed by atoms with Crippen LogP contribution < -0.4 is 0 Å². The fraction of sp³-hybridized carbons (Fsp3) is 0.103. The van der Waals surface area contributed by atoms with Gasteiger partial charge in [-0.2, -0.15) is 0 Å². The maximum absolute atomic E-state index is 4.48. The summed E-state index contributed by atoms with van der Waals surface area (Å²) in [6, 6.07) is 58.4. The van der Waals surface area contributed by atoms with Crippen LogP contribution in [0.1, 0.15) is 83.2 Å². The summed E-state index contributed by atoms with van der Waals surface area (Å²) >= 11 is 0. The standard InChI is InChI=1S/C58H52/c1-42-20-18-29-51(34-42)43(2)32-33-54(49-25-14-8-15-26-49)36-46(5)56-39-55(45(4)35-44(3)47-21-10-6-11-22-47)40-58(41-56)53-31-19-30-52(48-23-12-7-13-24-48)37-57(38-53)50-27-16-9-17-28-50/h6-18,20-30,33-41H,2-3,19,31-32H2,1,4-5H3/b45-35+,46-36+,52-30+,53-38+,54-33+,57-37+. The van der Waals surface area contributed by atoms with Crippen LogP contribution in [0.5, 0.6) is 0 Å². The van der Waals surface area contributed by atoms with Crippen molar-refractivity contribution in [2.45, 2.75) is 40.0 Å². The van der Waals surface area contributed by atoms with E-state index < -0.39 is 0 Å². The number of hydrogen-bond acceptors (Lipinski definition) is 0. The Hall–Kier alpha value is -6.76. The molecule has 0 N–H and O–H groups in total. The molecular formula is C58H52. The number of aryl methyl sites for hydroxylation is 1. The highest BCUT2D eigenvalue weighted by molar-refractivity contribution is 5.94. The van der Waals surface area contributed by atoms with Gasteiger partial charge in [0.1, 0.15) is 0 Å². The molecule has 0 unspecified atom stereocenters. The van der Waals surface area contributed by atoms with Gasteiger partial charge in [0.2, 0.25) is 0 Å². The molecule has 0 fully saturated rings. The minimum absolute atomic E-state index is 0.756. The predicted octanol–water partition coefficient (Wildman–Crippen LogP) is 16.0. The third-order valence-electron chi connectivity index (χ3n) is 10.9. The summed E-state index contributed by atoms with van der Waals surface area (Å²) in [5.41, 5.74) is 20.2. The molecule has 0 heteroatoms. The van der Waals surface area contributed by atoms with Gasteiger partial charge in [-0.05, 0) is 153 Å². The van der Waals surface area contributed by atoms with Crippen molar-refractivity contribution in [1.82, 2.24) is 0 Å². The predicted molar refractivity (Wildman–Crippen MR) is 255 cm³/mol. The van der Waals surface area contributed by atoms with Gasteiger partial charge in [0.25, 0.3) is 0 Å². The van der Waals surface area contributed by atoms with Crippen LogP contribution in [0.25, 0.3) is 44.6 Å². The van der Waals surface area contributed by atoms with E-state index in [1.54, 1.807) is 0 Å². The number of allylic oxidation sites excluding steroid dienone is 14. The largest absolute Gasteiger partial charge is 0.0949 e. The molecule has 0 spiro atoms. The first-order valence-corrected chi connectivity index (χ1v) is 20.3. The Kier molecular flexibility index (Phi) is 12.9. The smallest absolute Gasteiger partial charge is 0.00882 e. The molecule has 0 amide bonds. The van der Waals surface area contributed by atoms with Crippen LogP contribution in [0.3, 0.4) is 0 Å². The topological polar surface area (TPSA) is 0 Å². The van der Waals surface area contributed by atoms with E-state index in [4.69, 9.17) is 0 Å². The Bertz CT molecular complexity index is 2590. The lowest BCUT2D eigenvalue weighted by Crippen LogP contribution is -1.96. The molecule has 0 heterocycles. The molecule has 0 aliphatic heterocycles. The Morgan fingerprint density at radius 1 is 0.517 bits per heavy atom. The second-order valence-corrected chi connectivity index (χ2v) is 15.2. The van der Waals surface area contributed by atoms with Crippen LogP contribution in [0.15, 0.2) is 213 Å². The van der Waals surface area contributed by atoms with Crippen LogP contribution in [0.2, 0.25) is 0 Å². The molecule has 0 aromatic heterocycles. The Labute approximate surface area is 346 Å². The van der Waals surface area contributed by atoms with Crippen molar-refractivity contribution in [3.8, 4) is 0 Å². The summed E-state index contributed by atoms with van der Waals surface area (Å²) in [6.07, 6.45) is 16.7. The lowest BCUT2D eigenvalue weighted by molar-refractivity contribution is 1.07. The lowest BCUT2D eigenvalue weighted by Gasteiger charge is -2.18. The summed E-state index contributed by atoms with van der Waals surface area (Å²) in [5, 5.41) is 0. The number of hydrogen-bond donors (Lipinski definition) is 0. The maximum atomic E-state index is 4.48. The van der Waals surface area contributed by atoms with Crippen molar-refractivity contribution < 1.29 is 0 Å². The first kappa shape index (κ1) is 39.5. The van der Waals surface area contributed by atoms with Crippen LogP contribution in [0, 0.1) is 6.92 Å². The first-order chi connectivity index (χ1) is 28.3. The zero-order chi connectivity index (χ0) is 40.3. The van der Waals surface area contributed by atoms with E-state index >= 15 is 0 Å². The summed E-state index contributed by atoms with van der Waals surface area (Å²) in [6.45, 7) is 15.5. The van der Waals surface area contributed by atoms with E-state index in [2.05, 4.69) is 228 Å². The van der Waals surface area contributed by atoms with Crippen LogP contribution in [-0.4, -0.2) is 0 Å². The molecule has 1 aliphatic rings. The van der Waals surface area contributed by atoms with Crippen molar-refractivity contribution in [2.75, 3.05) is 0 Å². The van der Waals surface area contributed by atoms with E-state index in [0.717, 1.165) is 36.0 Å². The first-order valence-electron chi connectivity index (χ1n) is 20.3. The summed E-state index contributed by atoms with van der Waals surface area (Å²) in [4.78, 5) is 0. The average Bonchev–Trinajstić information content (AvgIpc) is 3.26. The molecule has 58 heavy (non-hydrogen) atoms. The monoisotopic (exact) mass is 748 g/mol. The van der Waals surface area contributed by atoms with E-state index in [0.29, 0.717) is 0 Å². The van der Waals surface area contributed by atoms with E-state index in [9.17, 15) is 0 Å². The van der Waals surface area contributed by atoms with Gasteiger partial charge >= 0.3 is 0 Å². The Balaban J connectivity index is 1.34. The molecule has 284 valence electrons. The molecule has 0 saturated carbocycles.